The maximum atomic E-state index is 13.6. The van der Waals surface area contributed by atoms with Gasteiger partial charge in [0.05, 0.1) is 37.1 Å². The molecular weight excluding hydrogens is 869 g/mol. The molecule has 3 fully saturated rings. The largest absolute Gasteiger partial charge is 0.482 e. The van der Waals surface area contributed by atoms with E-state index in [4.69, 9.17) is 28.4 Å². The third-order valence-electron chi connectivity index (χ3n) is 10.6. The zero-order chi connectivity index (χ0) is 34.7. The van der Waals surface area contributed by atoms with Gasteiger partial charge in [0.25, 0.3) is 0 Å². The van der Waals surface area contributed by atoms with Gasteiger partial charge >= 0.3 is 0 Å². The van der Waals surface area contributed by atoms with E-state index in [1.165, 1.54) is 0 Å². The van der Waals surface area contributed by atoms with E-state index in [9.17, 15) is 15.0 Å². The molecule has 3 radical (unpaired) electrons. The number of methoxy groups -OCH3 is 1. The van der Waals surface area contributed by atoms with E-state index in [0.29, 0.717) is 18.4 Å². The molecule has 10 nitrogen and oxygen atoms in total. The van der Waals surface area contributed by atoms with Gasteiger partial charge in [-0.1, -0.05) is 46.1 Å². The number of likely N-dealkylation sites (N-methyl/N-ethyl adjacent to an activating group) is 1. The molecule has 0 saturated carbocycles. The summed E-state index contributed by atoms with van der Waals surface area (Å²) in [5.41, 5.74) is -0.954. The van der Waals surface area contributed by atoms with Crippen LogP contribution < -0.4 is 0 Å². The first-order valence-corrected chi connectivity index (χ1v) is 16.8. The summed E-state index contributed by atoms with van der Waals surface area (Å²) in [6.45, 7) is 23.7. The summed E-state index contributed by atoms with van der Waals surface area (Å²) in [5, 5.41) is 23.9. The van der Waals surface area contributed by atoms with E-state index in [1.54, 1.807) is 21.0 Å². The van der Waals surface area contributed by atoms with Crippen molar-refractivity contribution in [3.63, 3.8) is 0 Å². The fourth-order valence-electron chi connectivity index (χ4n) is 7.90. The number of allylic oxidation sites excluding steroid dienone is 1. The molecule has 2 bridgehead atoms. The SMILES string of the molecule is C=C1CO[C@@H]2[C@@H](C)/C(=C/[CH2-])[C@H](C)C[C@@](C)(OC1)[C@H](O[C@@H]1O[C@H](C)C[C@H](N(C)C)[C@H]1OC)[C@@H](C)[C@H](O)[C-](C)C(=O)O[C@H](CC)[C@@]2(C)O.[CH3-].[Y].[Y].[Y]. The summed E-state index contributed by atoms with van der Waals surface area (Å²) in [5.74, 6) is -1.64. The molecule has 0 spiro atoms. The van der Waals surface area contributed by atoms with Crippen molar-refractivity contribution < 1.29 is 142 Å². The smallest absolute Gasteiger partial charge is 0.185 e. The second kappa shape index (κ2) is 23.0. The number of cyclic esters (lactones) is 1. The van der Waals surface area contributed by atoms with Crippen LogP contribution in [0, 0.1) is 38.0 Å². The molecule has 0 aromatic rings. The summed E-state index contributed by atoms with van der Waals surface area (Å²) in [6, 6.07) is 0.0233. The van der Waals surface area contributed by atoms with Gasteiger partial charge in [0.2, 0.25) is 0 Å². The molecule has 3 rings (SSSR count). The molecular formula is C37H64NO9Y3-3. The number of carbonyl (C=O) groups excluding carboxylic acids is 1. The van der Waals surface area contributed by atoms with Crippen LogP contribution in [0.15, 0.2) is 23.8 Å². The average molecular weight is 934 g/mol. The van der Waals surface area contributed by atoms with Gasteiger partial charge in [-0.2, -0.15) is 6.92 Å². The van der Waals surface area contributed by atoms with Gasteiger partial charge in [-0.15, -0.1) is 0 Å². The van der Waals surface area contributed by atoms with Crippen LogP contribution in [-0.4, -0.2) is 116 Å². The molecule has 13 atom stereocenters. The molecule has 0 aromatic heterocycles. The van der Waals surface area contributed by atoms with E-state index in [-0.39, 0.29) is 149 Å². The Morgan fingerprint density at radius 2 is 1.74 bits per heavy atom. The van der Waals surface area contributed by atoms with Crippen molar-refractivity contribution in [1.82, 2.24) is 4.90 Å². The van der Waals surface area contributed by atoms with E-state index < -0.39 is 59.9 Å². The van der Waals surface area contributed by atoms with Crippen LogP contribution in [0.1, 0.15) is 74.7 Å². The molecule has 0 aliphatic carbocycles. The minimum Gasteiger partial charge on any atom is -0.482 e. The van der Waals surface area contributed by atoms with Crippen molar-refractivity contribution in [3.8, 4) is 0 Å². The number of ether oxygens (including phenoxy) is 6. The van der Waals surface area contributed by atoms with Gasteiger partial charge in [-0.05, 0) is 71.7 Å². The Morgan fingerprint density at radius 3 is 2.26 bits per heavy atom. The van der Waals surface area contributed by atoms with E-state index >= 15 is 0 Å². The van der Waals surface area contributed by atoms with Crippen LogP contribution in [0.2, 0.25) is 0 Å². The minimum absolute atomic E-state index is 0. The molecule has 0 unspecified atom stereocenters. The predicted molar refractivity (Wildman–Crippen MR) is 183 cm³/mol. The normalized spacial score (nSPS) is 41.2. The summed E-state index contributed by atoms with van der Waals surface area (Å²) in [7, 11) is 5.67. The van der Waals surface area contributed by atoms with E-state index in [0.717, 1.165) is 12.0 Å². The number of hydrogen-bond donors (Lipinski definition) is 2. The molecule has 3 aliphatic rings. The molecule has 3 heterocycles. The Hall–Kier alpha value is 1.68. The van der Waals surface area contributed by atoms with Crippen molar-refractivity contribution in [1.29, 1.82) is 0 Å². The first kappa shape index (κ1) is 53.8. The Morgan fingerprint density at radius 1 is 1.14 bits per heavy atom. The topological polar surface area (TPSA) is 116 Å². The molecule has 0 aromatic carbocycles. The Bertz CT molecular complexity index is 1080. The summed E-state index contributed by atoms with van der Waals surface area (Å²) >= 11 is 0. The summed E-state index contributed by atoms with van der Waals surface area (Å²) in [6.07, 6.45) is -1.62. The number of nitrogens with zero attached hydrogens (tertiary/aromatic N) is 1. The van der Waals surface area contributed by atoms with Crippen LogP contribution in [0.3, 0.4) is 0 Å². The first-order chi connectivity index (χ1) is 21.4. The van der Waals surface area contributed by atoms with Crippen LogP contribution in [0.25, 0.3) is 0 Å². The molecule has 283 valence electrons. The number of aliphatic hydroxyl groups excluding tert-OH is 1. The predicted octanol–water partition coefficient (Wildman–Crippen LogP) is 4.73. The van der Waals surface area contributed by atoms with Crippen LogP contribution >= 0.6 is 0 Å². The van der Waals surface area contributed by atoms with Gasteiger partial charge in [-0.25, -0.2) is 24.5 Å². The second-order valence-electron chi connectivity index (χ2n) is 14.5. The van der Waals surface area contributed by atoms with Crippen LogP contribution in [-0.2, 0) is 131 Å². The van der Waals surface area contributed by atoms with Crippen molar-refractivity contribution >= 4 is 5.97 Å². The van der Waals surface area contributed by atoms with Crippen LogP contribution in [0.5, 0.6) is 0 Å². The van der Waals surface area contributed by atoms with E-state index in [2.05, 4.69) is 25.3 Å². The quantitative estimate of drug-likeness (QED) is 0.228. The molecule has 3 aliphatic heterocycles. The van der Waals surface area contributed by atoms with Gasteiger partial charge < -0.3 is 51.0 Å². The molecule has 13 heteroatoms. The number of carbonyl (C=O) groups is 1. The molecule has 3 saturated heterocycles. The van der Waals surface area contributed by atoms with Crippen molar-refractivity contribution in [2.45, 2.75) is 135 Å². The maximum absolute atomic E-state index is 13.6. The fraction of sp³-hybridized carbons (Fsp3) is 0.784. The zero-order valence-electron chi connectivity index (χ0n) is 32.8. The second-order valence-corrected chi connectivity index (χ2v) is 14.5. The Kier molecular flexibility index (Phi) is 24.8. The number of aliphatic hydroxyl groups is 2. The number of esters is 1. The average Bonchev–Trinajstić information content (AvgIpc) is 3.00. The Balaban J connectivity index is 0. The molecule has 2 N–H and O–H groups in total. The van der Waals surface area contributed by atoms with Gasteiger partial charge in [0, 0.05) is 111 Å². The summed E-state index contributed by atoms with van der Waals surface area (Å²) in [4.78, 5) is 15.8. The fourth-order valence-corrected chi connectivity index (χ4v) is 7.90. The number of hydrogen-bond acceptors (Lipinski definition) is 10. The zero-order valence-corrected chi connectivity index (χ0v) is 41.3. The monoisotopic (exact) mass is 933 g/mol. The van der Waals surface area contributed by atoms with Crippen molar-refractivity contribution in [2.75, 3.05) is 34.4 Å². The van der Waals surface area contributed by atoms with E-state index in [1.807, 2.05) is 54.8 Å². The van der Waals surface area contributed by atoms with Gasteiger partial charge in [0.1, 0.15) is 17.8 Å². The van der Waals surface area contributed by atoms with Gasteiger partial charge in [-0.3, -0.25) is 4.79 Å². The number of fused-ring (bicyclic) bond motifs is 5. The maximum Gasteiger partial charge on any atom is 0.185 e. The molecule has 50 heavy (non-hydrogen) atoms. The first-order valence-electron chi connectivity index (χ1n) is 16.8. The summed E-state index contributed by atoms with van der Waals surface area (Å²) < 4.78 is 38.5. The third-order valence-corrected chi connectivity index (χ3v) is 10.6. The molecule has 0 amide bonds. The van der Waals surface area contributed by atoms with Gasteiger partial charge in [0.15, 0.2) is 12.3 Å². The van der Waals surface area contributed by atoms with Crippen molar-refractivity contribution in [2.24, 2.45) is 17.8 Å². The third kappa shape index (κ3) is 12.3. The Labute approximate surface area is 379 Å². The van der Waals surface area contributed by atoms with Crippen molar-refractivity contribution in [3.05, 3.63) is 44.1 Å². The standard InChI is InChI=1S/C36H61NO9.CH3.3Y/c1-14-26-21(4)17-35(9)31(46-34-30(41-13)27(37(11)12)16-22(5)44-34)24(7)29(38)25(8)33(39)45-28(15-2)36(10,40)32(23(26)6)42-18-20(3)19-43-35;;;;/h14,21-24,27-32,34,38,40H,1,3,15-19H2,2,4-13H3;1H3;;;/q-2;-1;;;/b26-14+;;;;/t21-,22-,23+,24+,27+,28-,29+,30-,31-,32-,34+,35-,36-;;;;/m1..../s1. The minimum atomic E-state index is -1.57. The van der Waals surface area contributed by atoms with Crippen LogP contribution in [0.4, 0.5) is 0 Å². The number of rotatable bonds is 5.